The van der Waals surface area contributed by atoms with Crippen LogP contribution in [0.1, 0.15) is 44.5 Å². The van der Waals surface area contributed by atoms with Crippen molar-refractivity contribution in [3.8, 4) is 23.0 Å². The number of benzene rings is 4. The summed E-state index contributed by atoms with van der Waals surface area (Å²) in [5.74, 6) is 2.12. The summed E-state index contributed by atoms with van der Waals surface area (Å²) in [7, 11) is -7.91. The molecule has 0 bridgehead atoms. The maximum Gasteiger partial charge on any atom is 0.515 e. The lowest BCUT2D eigenvalue weighted by atomic mass is 10.1. The number of rotatable bonds is 10. The molecule has 0 N–H and O–H groups in total. The molecule has 0 spiro atoms. The zero-order chi connectivity index (χ0) is 33.2. The number of nitrogens with zero attached hydrogens (tertiary/aromatic N) is 2. The summed E-state index contributed by atoms with van der Waals surface area (Å²) >= 11 is 0. The first-order chi connectivity index (χ1) is 21.8. The van der Waals surface area contributed by atoms with Crippen LogP contribution in [-0.2, 0) is 9.13 Å². The number of para-hydroxylation sites is 4. The molecule has 0 atom stereocenters. The van der Waals surface area contributed by atoms with E-state index in [-0.39, 0.29) is 26.2 Å². The molecule has 10 heteroatoms. The van der Waals surface area contributed by atoms with Crippen molar-refractivity contribution >= 4 is 15.5 Å². The van der Waals surface area contributed by atoms with Crippen LogP contribution in [-0.4, -0.2) is 35.5 Å². The summed E-state index contributed by atoms with van der Waals surface area (Å²) < 4.78 is 59.0. The minimum absolute atomic E-state index is 0.239. The third-order valence-corrected chi connectivity index (χ3v) is 12.2. The Morgan fingerprint density at radius 3 is 0.739 bits per heavy atom. The van der Waals surface area contributed by atoms with E-state index < -0.39 is 15.5 Å². The van der Waals surface area contributed by atoms with Gasteiger partial charge in [0.2, 0.25) is 0 Å². The van der Waals surface area contributed by atoms with E-state index in [4.69, 9.17) is 18.1 Å². The number of hydrogen-bond donors (Lipinski definition) is 0. The largest absolute Gasteiger partial charge is 0.515 e. The average Bonchev–Trinajstić information content (AvgIpc) is 3.01. The summed E-state index contributed by atoms with van der Waals surface area (Å²) in [6, 6.07) is 23.2. The van der Waals surface area contributed by atoms with Gasteiger partial charge in [-0.05, 0) is 99.9 Å². The predicted octanol–water partition coefficient (Wildman–Crippen LogP) is 9.60. The molecule has 1 aliphatic rings. The van der Waals surface area contributed by atoms with E-state index in [0.717, 1.165) is 44.5 Å². The molecule has 1 heterocycles. The van der Waals surface area contributed by atoms with Gasteiger partial charge in [-0.25, -0.2) is 9.13 Å². The zero-order valence-corrected chi connectivity index (χ0v) is 29.8. The van der Waals surface area contributed by atoms with Crippen molar-refractivity contribution in [2.45, 2.75) is 55.4 Å². The van der Waals surface area contributed by atoms with Crippen molar-refractivity contribution in [2.75, 3.05) is 26.2 Å². The van der Waals surface area contributed by atoms with Crippen LogP contribution in [0.2, 0.25) is 0 Å². The highest BCUT2D eigenvalue weighted by molar-refractivity contribution is 7.52. The fourth-order valence-corrected chi connectivity index (χ4v) is 9.63. The monoisotopic (exact) mass is 662 g/mol. The molecule has 0 saturated carbocycles. The van der Waals surface area contributed by atoms with E-state index >= 15 is 0 Å². The molecule has 1 aliphatic heterocycles. The van der Waals surface area contributed by atoms with E-state index in [1.807, 2.05) is 128 Å². The summed E-state index contributed by atoms with van der Waals surface area (Å²) in [5.41, 5.74) is 6.87. The minimum atomic E-state index is -3.95. The molecule has 1 saturated heterocycles. The molecule has 0 aliphatic carbocycles. The molecule has 8 nitrogen and oxygen atoms in total. The average molecular weight is 663 g/mol. The van der Waals surface area contributed by atoms with Gasteiger partial charge in [0.25, 0.3) is 0 Å². The van der Waals surface area contributed by atoms with Crippen LogP contribution in [0.5, 0.6) is 23.0 Å². The van der Waals surface area contributed by atoms with Gasteiger partial charge in [0.15, 0.2) is 0 Å². The molecule has 4 aromatic rings. The predicted molar refractivity (Wildman–Crippen MR) is 185 cm³/mol. The second-order valence-electron chi connectivity index (χ2n) is 12.1. The molecule has 5 rings (SSSR count). The van der Waals surface area contributed by atoms with Crippen molar-refractivity contribution in [1.82, 2.24) is 9.34 Å². The van der Waals surface area contributed by atoms with E-state index in [1.165, 1.54) is 0 Å². The van der Waals surface area contributed by atoms with Gasteiger partial charge in [0.1, 0.15) is 23.0 Å². The van der Waals surface area contributed by atoms with Gasteiger partial charge in [-0.15, -0.1) is 0 Å². The van der Waals surface area contributed by atoms with Crippen molar-refractivity contribution in [2.24, 2.45) is 0 Å². The van der Waals surface area contributed by atoms with Crippen LogP contribution >= 0.6 is 15.5 Å². The highest BCUT2D eigenvalue weighted by atomic mass is 31.2. The van der Waals surface area contributed by atoms with Gasteiger partial charge in [-0.2, -0.15) is 9.34 Å². The summed E-state index contributed by atoms with van der Waals surface area (Å²) in [6.07, 6.45) is 0. The fourth-order valence-electron chi connectivity index (χ4n) is 5.68. The third-order valence-electron chi connectivity index (χ3n) is 8.39. The molecule has 46 heavy (non-hydrogen) atoms. The molecule has 0 amide bonds. The lowest BCUT2D eigenvalue weighted by Crippen LogP contribution is -2.45. The topological polar surface area (TPSA) is 77.5 Å². The second-order valence-corrected chi connectivity index (χ2v) is 15.8. The maximum absolute atomic E-state index is 15.0. The third kappa shape index (κ3) is 7.06. The Morgan fingerprint density at radius 1 is 0.391 bits per heavy atom. The highest BCUT2D eigenvalue weighted by Crippen LogP contribution is 2.58. The standard InChI is InChI=1S/C36H44N2O6P2/c1-25-13-9-14-26(2)33(25)41-45(39,42-34-27(3)15-10-16-28(34)4)37-21-23-38(24-22-37)46(40,43-35-29(5)17-11-18-30(35)6)44-36-31(7)19-12-20-32(36)8/h9-20H,21-24H2,1-8H3. The smallest absolute Gasteiger partial charge is 0.404 e. The quantitative estimate of drug-likeness (QED) is 0.155. The first-order valence-corrected chi connectivity index (χ1v) is 18.5. The Balaban J connectivity index is 1.49. The van der Waals surface area contributed by atoms with E-state index in [1.54, 1.807) is 9.34 Å². The Morgan fingerprint density at radius 2 is 0.565 bits per heavy atom. The second kappa shape index (κ2) is 13.7. The van der Waals surface area contributed by atoms with Crippen molar-refractivity contribution in [3.63, 3.8) is 0 Å². The van der Waals surface area contributed by atoms with Gasteiger partial charge in [-0.3, -0.25) is 0 Å². The highest BCUT2D eigenvalue weighted by Gasteiger charge is 2.46. The first-order valence-electron chi connectivity index (χ1n) is 15.6. The lowest BCUT2D eigenvalue weighted by molar-refractivity contribution is 0.194. The van der Waals surface area contributed by atoms with Crippen LogP contribution in [0.25, 0.3) is 0 Å². The van der Waals surface area contributed by atoms with Gasteiger partial charge >= 0.3 is 15.5 Å². The SMILES string of the molecule is Cc1cccc(C)c1OP(=O)(Oc1c(C)cccc1C)N1CCN(P(=O)(Oc2c(C)cccc2C)Oc2c(C)cccc2C)CC1. The maximum atomic E-state index is 15.0. The van der Waals surface area contributed by atoms with E-state index in [2.05, 4.69) is 0 Å². The van der Waals surface area contributed by atoms with Crippen LogP contribution in [0, 0.1) is 55.4 Å². The minimum Gasteiger partial charge on any atom is -0.404 e. The molecule has 0 unspecified atom stereocenters. The number of aryl methyl sites for hydroxylation is 8. The molecule has 0 aromatic heterocycles. The molecule has 4 aromatic carbocycles. The molecule has 244 valence electrons. The molecular weight excluding hydrogens is 618 g/mol. The van der Waals surface area contributed by atoms with E-state index in [0.29, 0.717) is 23.0 Å². The van der Waals surface area contributed by atoms with Crippen molar-refractivity contribution < 1.29 is 27.2 Å². The number of piperazine rings is 1. The van der Waals surface area contributed by atoms with Crippen LogP contribution in [0.4, 0.5) is 0 Å². The van der Waals surface area contributed by atoms with Crippen molar-refractivity contribution in [1.29, 1.82) is 0 Å². The molecule has 0 radical (unpaired) electrons. The summed E-state index contributed by atoms with van der Waals surface area (Å²) in [5, 5.41) is 0. The first kappa shape index (κ1) is 33.8. The Hall–Kier alpha value is -3.54. The van der Waals surface area contributed by atoms with Gasteiger partial charge < -0.3 is 18.1 Å². The van der Waals surface area contributed by atoms with E-state index in [9.17, 15) is 9.13 Å². The zero-order valence-electron chi connectivity index (χ0n) is 28.0. The van der Waals surface area contributed by atoms with Gasteiger partial charge in [0.05, 0.1) is 0 Å². The van der Waals surface area contributed by atoms with Crippen LogP contribution < -0.4 is 18.1 Å². The van der Waals surface area contributed by atoms with Crippen LogP contribution in [0.3, 0.4) is 0 Å². The lowest BCUT2D eigenvalue weighted by Gasteiger charge is -2.39. The van der Waals surface area contributed by atoms with Gasteiger partial charge in [0, 0.05) is 26.2 Å². The Bertz CT molecular complexity index is 1500. The Kier molecular flexibility index (Phi) is 10.0. The molecular formula is C36H44N2O6P2. The normalized spacial score (nSPS) is 14.6. The Labute approximate surface area is 273 Å². The summed E-state index contributed by atoms with van der Waals surface area (Å²) in [6.45, 7) is 16.4. The fraction of sp³-hybridized carbons (Fsp3) is 0.333. The van der Waals surface area contributed by atoms with Gasteiger partial charge in [-0.1, -0.05) is 72.8 Å². The van der Waals surface area contributed by atoms with Crippen molar-refractivity contribution in [3.05, 3.63) is 117 Å². The molecule has 1 fully saturated rings. The van der Waals surface area contributed by atoms with Crippen LogP contribution in [0.15, 0.2) is 72.8 Å². The summed E-state index contributed by atoms with van der Waals surface area (Å²) in [4.78, 5) is 0. The number of hydrogen-bond acceptors (Lipinski definition) is 6.